The molecule has 0 amide bonds. The van der Waals surface area contributed by atoms with Crippen molar-refractivity contribution in [2.24, 2.45) is 0 Å². The van der Waals surface area contributed by atoms with Gasteiger partial charge in [0.15, 0.2) is 6.10 Å². The van der Waals surface area contributed by atoms with Crippen molar-refractivity contribution in [3.63, 3.8) is 0 Å². The average Bonchev–Trinajstić information content (AvgIpc) is 3.49. The lowest BCUT2D eigenvalue weighted by molar-refractivity contribution is -0.167. The van der Waals surface area contributed by atoms with Crippen LogP contribution in [-0.2, 0) is 28.6 Å². The highest BCUT2D eigenvalue weighted by atomic mass is 16.6. The van der Waals surface area contributed by atoms with Gasteiger partial charge in [0.05, 0.1) is 0 Å². The van der Waals surface area contributed by atoms with E-state index >= 15 is 0 Å². The van der Waals surface area contributed by atoms with Crippen molar-refractivity contribution in [1.29, 1.82) is 0 Å². The smallest absolute Gasteiger partial charge is 0.306 e. The van der Waals surface area contributed by atoms with Crippen LogP contribution in [-0.4, -0.2) is 37.2 Å². The molecule has 470 valence electrons. The number of allylic oxidation sites excluding steroid dienone is 24. The van der Waals surface area contributed by atoms with Crippen molar-refractivity contribution in [3.05, 3.63) is 146 Å². The molecule has 0 bridgehead atoms. The van der Waals surface area contributed by atoms with Gasteiger partial charge in [-0.15, -0.1) is 0 Å². The number of carbonyl (C=O) groups excluding carboxylic acids is 3. The number of hydrogen-bond acceptors (Lipinski definition) is 6. The van der Waals surface area contributed by atoms with Gasteiger partial charge in [-0.05, 0) is 148 Å². The first-order chi connectivity index (χ1) is 41.0. The van der Waals surface area contributed by atoms with E-state index < -0.39 is 6.10 Å². The fourth-order valence-corrected chi connectivity index (χ4v) is 9.17. The normalized spacial score (nSPS) is 13.0. The molecule has 0 aliphatic heterocycles. The third-order valence-corrected chi connectivity index (χ3v) is 14.3. The molecule has 6 nitrogen and oxygen atoms in total. The maximum atomic E-state index is 12.9. The Balaban J connectivity index is 4.40. The second-order valence-corrected chi connectivity index (χ2v) is 22.3. The second-order valence-electron chi connectivity index (χ2n) is 22.3. The zero-order chi connectivity index (χ0) is 59.9. The van der Waals surface area contributed by atoms with E-state index in [1.807, 2.05) is 0 Å². The second kappa shape index (κ2) is 69.8. The van der Waals surface area contributed by atoms with E-state index in [4.69, 9.17) is 14.2 Å². The summed E-state index contributed by atoms with van der Waals surface area (Å²) < 4.78 is 16.9. The van der Waals surface area contributed by atoms with Crippen LogP contribution in [0.3, 0.4) is 0 Å². The quantitative estimate of drug-likeness (QED) is 0.0261. The van der Waals surface area contributed by atoms with E-state index in [1.165, 1.54) is 128 Å². The highest BCUT2D eigenvalue weighted by Crippen LogP contribution is 2.15. The first-order valence-electron chi connectivity index (χ1n) is 34.3. The molecule has 0 spiro atoms. The Morgan fingerprint density at radius 3 is 0.783 bits per heavy atom. The fraction of sp³-hybridized carbons (Fsp3) is 0.649. The molecule has 0 aromatic heterocycles. The van der Waals surface area contributed by atoms with Crippen molar-refractivity contribution in [3.8, 4) is 0 Å². The molecule has 0 heterocycles. The Labute approximate surface area is 512 Å². The van der Waals surface area contributed by atoms with E-state index in [-0.39, 0.29) is 31.1 Å². The summed E-state index contributed by atoms with van der Waals surface area (Å²) in [6, 6.07) is 0. The monoisotopic (exact) mass is 1150 g/mol. The van der Waals surface area contributed by atoms with Gasteiger partial charge in [-0.3, -0.25) is 14.4 Å². The van der Waals surface area contributed by atoms with Crippen LogP contribution in [0.15, 0.2) is 146 Å². The topological polar surface area (TPSA) is 78.9 Å². The van der Waals surface area contributed by atoms with Crippen molar-refractivity contribution in [2.45, 2.75) is 309 Å². The van der Waals surface area contributed by atoms with Crippen LogP contribution in [0.5, 0.6) is 0 Å². The van der Waals surface area contributed by atoms with E-state index in [2.05, 4.69) is 167 Å². The minimum atomic E-state index is -0.807. The molecule has 0 saturated heterocycles. The van der Waals surface area contributed by atoms with Gasteiger partial charge in [0.1, 0.15) is 13.2 Å². The Hall–Kier alpha value is -4.71. The summed E-state index contributed by atoms with van der Waals surface area (Å²) in [7, 11) is 0. The Morgan fingerprint density at radius 2 is 0.470 bits per heavy atom. The zero-order valence-corrected chi connectivity index (χ0v) is 53.9. The Kier molecular flexibility index (Phi) is 65.8. The van der Waals surface area contributed by atoms with Crippen LogP contribution in [0.2, 0.25) is 0 Å². The van der Waals surface area contributed by atoms with Crippen LogP contribution >= 0.6 is 0 Å². The molecule has 1 atom stereocenters. The molecule has 0 saturated carbocycles. The van der Waals surface area contributed by atoms with Gasteiger partial charge >= 0.3 is 17.9 Å². The first-order valence-corrected chi connectivity index (χ1v) is 34.3. The van der Waals surface area contributed by atoms with E-state index in [0.29, 0.717) is 25.7 Å². The lowest BCUT2D eigenvalue weighted by Gasteiger charge is -2.18. The van der Waals surface area contributed by atoms with Crippen LogP contribution < -0.4 is 0 Å². The average molecular weight is 1150 g/mol. The highest BCUT2D eigenvalue weighted by Gasteiger charge is 2.19. The van der Waals surface area contributed by atoms with Gasteiger partial charge in [-0.1, -0.05) is 282 Å². The predicted molar refractivity (Wildman–Crippen MR) is 362 cm³/mol. The third-order valence-electron chi connectivity index (χ3n) is 14.3. The molecule has 1 unspecified atom stereocenters. The molecule has 0 N–H and O–H groups in total. The summed E-state index contributed by atoms with van der Waals surface area (Å²) >= 11 is 0. The molecule has 0 fully saturated rings. The Morgan fingerprint density at radius 1 is 0.253 bits per heavy atom. The molecule has 83 heavy (non-hydrogen) atoms. The van der Waals surface area contributed by atoms with Crippen LogP contribution in [0.25, 0.3) is 0 Å². The lowest BCUT2D eigenvalue weighted by atomic mass is 10.1. The molecule has 6 heteroatoms. The summed E-state index contributed by atoms with van der Waals surface area (Å²) in [6.45, 7) is 6.47. The highest BCUT2D eigenvalue weighted by molar-refractivity contribution is 5.71. The predicted octanol–water partition coefficient (Wildman–Crippen LogP) is 23.9. The van der Waals surface area contributed by atoms with Crippen molar-refractivity contribution in [1.82, 2.24) is 0 Å². The van der Waals surface area contributed by atoms with Gasteiger partial charge in [-0.2, -0.15) is 0 Å². The molecule has 0 aliphatic rings. The largest absolute Gasteiger partial charge is 0.462 e. The van der Waals surface area contributed by atoms with Crippen LogP contribution in [0.4, 0.5) is 0 Å². The van der Waals surface area contributed by atoms with Crippen LogP contribution in [0.1, 0.15) is 303 Å². The van der Waals surface area contributed by atoms with Crippen molar-refractivity contribution in [2.75, 3.05) is 13.2 Å². The van der Waals surface area contributed by atoms with E-state index in [9.17, 15) is 14.4 Å². The molecular formula is C77H126O6. The Bertz CT molecular complexity index is 1800. The summed E-state index contributed by atoms with van der Waals surface area (Å²) in [5, 5.41) is 0. The molecular weight excluding hydrogens is 1020 g/mol. The fourth-order valence-electron chi connectivity index (χ4n) is 9.17. The molecule has 0 aliphatic carbocycles. The van der Waals surface area contributed by atoms with Crippen molar-refractivity contribution >= 4 is 17.9 Å². The van der Waals surface area contributed by atoms with Gasteiger partial charge in [0.25, 0.3) is 0 Å². The number of esters is 3. The summed E-state index contributed by atoms with van der Waals surface area (Å²) in [4.78, 5) is 38.3. The number of rotatable bonds is 61. The minimum absolute atomic E-state index is 0.0999. The SMILES string of the molecule is CC/C=C\C/C=C\C/C=C\C/C=C\C/C=C\C/C=C\C/C=C\C/C=C\C/C=C\C/C=C\CCCCC(=O)OCC(COC(=O)CCCCCCC/C=C\CCCCCC)OC(=O)CCCCCCCCCCC/C=C\CCCCCCCC. The summed E-state index contributed by atoms with van der Waals surface area (Å²) in [6.07, 6.45) is 100. The standard InChI is InChI=1S/C77H126O6/c1-4-7-10-13-16-19-22-25-27-29-31-32-33-34-35-36-37-38-39-40-41-42-43-44-46-47-49-52-55-58-61-64-67-70-76(79)82-73-74(72-81-75(78)69-66-63-60-57-54-51-24-21-18-15-12-9-6-3)83-77(80)71-68-65-62-59-56-53-50-48-45-30-28-26-23-20-17-14-11-8-5-2/h7,10,16,19,21,24-28,31-32,34-35,37-38,40-41,43-44,47,49,55,58,74H,4-6,8-9,11-15,17-18,20,22-23,29-30,33,36,39,42,45-46,48,50-54,56-57,59-73H2,1-3H3/b10-7-,19-16-,24-21-,27-25-,28-26-,32-31-,35-34-,38-37-,41-40-,44-43-,49-47-,58-55-. The van der Waals surface area contributed by atoms with Crippen molar-refractivity contribution < 1.29 is 28.6 Å². The summed E-state index contributed by atoms with van der Waals surface area (Å²) in [5.74, 6) is -0.952. The maximum absolute atomic E-state index is 12.9. The number of hydrogen-bond donors (Lipinski definition) is 0. The number of carbonyl (C=O) groups is 3. The molecule has 0 aromatic rings. The van der Waals surface area contributed by atoms with Gasteiger partial charge < -0.3 is 14.2 Å². The summed E-state index contributed by atoms with van der Waals surface area (Å²) in [5.41, 5.74) is 0. The van der Waals surface area contributed by atoms with E-state index in [1.54, 1.807) is 0 Å². The molecule has 0 radical (unpaired) electrons. The first kappa shape index (κ1) is 78.3. The van der Waals surface area contributed by atoms with Gasteiger partial charge in [0, 0.05) is 19.3 Å². The third kappa shape index (κ3) is 68.0. The van der Waals surface area contributed by atoms with Gasteiger partial charge in [0.2, 0.25) is 0 Å². The minimum Gasteiger partial charge on any atom is -0.462 e. The van der Waals surface area contributed by atoms with Crippen LogP contribution in [0, 0.1) is 0 Å². The zero-order valence-electron chi connectivity index (χ0n) is 53.9. The molecule has 0 aromatic carbocycles. The molecule has 0 rings (SSSR count). The van der Waals surface area contributed by atoms with E-state index in [0.717, 1.165) is 128 Å². The number of ether oxygens (including phenoxy) is 3. The van der Waals surface area contributed by atoms with Gasteiger partial charge in [-0.25, -0.2) is 0 Å². The maximum Gasteiger partial charge on any atom is 0.306 e. The number of unbranched alkanes of at least 4 members (excludes halogenated alkanes) is 26. The lowest BCUT2D eigenvalue weighted by Crippen LogP contribution is -2.30.